The molecular formula is C16H21FN4O3. The van der Waals surface area contributed by atoms with Crippen LogP contribution in [0.5, 0.6) is 0 Å². The van der Waals surface area contributed by atoms with Crippen LogP contribution < -0.4 is 10.6 Å². The van der Waals surface area contributed by atoms with Gasteiger partial charge in [0.05, 0.1) is 12.6 Å². The Morgan fingerprint density at radius 1 is 1.42 bits per heavy atom. The highest BCUT2D eigenvalue weighted by molar-refractivity contribution is 5.74. The van der Waals surface area contributed by atoms with Gasteiger partial charge in [0.25, 0.3) is 0 Å². The lowest BCUT2D eigenvalue weighted by Gasteiger charge is -2.25. The standard InChI is InChI=1S/C16H21FN4O3/c1-4-13(14-19-10(2)24-21-14)20-15(22)18-9-16(3,23)11-5-7-12(17)8-6-11/h5-8,13,23H,4,9H2,1-3H3,(H2,18,20,22)/t13-,16-/m0/s1. The molecule has 8 heteroatoms. The van der Waals surface area contributed by atoms with Gasteiger partial charge in [0.1, 0.15) is 11.4 Å². The van der Waals surface area contributed by atoms with E-state index in [4.69, 9.17) is 4.52 Å². The predicted octanol–water partition coefficient (Wildman–Crippen LogP) is 2.18. The lowest BCUT2D eigenvalue weighted by molar-refractivity contribution is 0.0591. The van der Waals surface area contributed by atoms with Crippen molar-refractivity contribution in [2.45, 2.75) is 38.8 Å². The first-order chi connectivity index (χ1) is 11.3. The lowest BCUT2D eigenvalue weighted by atomic mass is 9.96. The summed E-state index contributed by atoms with van der Waals surface area (Å²) < 4.78 is 17.9. The zero-order valence-electron chi connectivity index (χ0n) is 13.8. The molecule has 7 nitrogen and oxygen atoms in total. The number of aromatic nitrogens is 2. The molecule has 2 aromatic rings. The smallest absolute Gasteiger partial charge is 0.315 e. The molecule has 2 amide bonds. The van der Waals surface area contributed by atoms with Crippen molar-refractivity contribution in [1.82, 2.24) is 20.8 Å². The summed E-state index contributed by atoms with van der Waals surface area (Å²) in [6.45, 7) is 5.06. The second-order valence-electron chi connectivity index (χ2n) is 5.74. The van der Waals surface area contributed by atoms with Gasteiger partial charge in [-0.3, -0.25) is 0 Å². The number of hydrogen-bond acceptors (Lipinski definition) is 5. The lowest BCUT2D eigenvalue weighted by Crippen LogP contribution is -2.44. The molecule has 1 aromatic carbocycles. The average molecular weight is 336 g/mol. The van der Waals surface area contributed by atoms with E-state index in [2.05, 4.69) is 20.8 Å². The van der Waals surface area contributed by atoms with Crippen LogP contribution in [0.15, 0.2) is 28.8 Å². The first-order valence-electron chi connectivity index (χ1n) is 7.65. The van der Waals surface area contributed by atoms with Gasteiger partial charge in [-0.2, -0.15) is 4.98 Å². The van der Waals surface area contributed by atoms with Crippen LogP contribution in [0, 0.1) is 12.7 Å². The maximum Gasteiger partial charge on any atom is 0.315 e. The SMILES string of the molecule is CC[C@H](NC(=O)NC[C@](C)(O)c1ccc(F)cc1)c1noc(C)n1. The molecule has 0 saturated heterocycles. The molecule has 1 aromatic heterocycles. The Morgan fingerprint density at radius 2 is 2.08 bits per heavy atom. The number of halogens is 1. The van der Waals surface area contributed by atoms with Gasteiger partial charge >= 0.3 is 6.03 Å². The summed E-state index contributed by atoms with van der Waals surface area (Å²) in [6, 6.07) is 4.62. The van der Waals surface area contributed by atoms with Gasteiger partial charge in [-0.05, 0) is 31.0 Å². The minimum Gasteiger partial charge on any atom is -0.384 e. The minimum atomic E-state index is -1.32. The second-order valence-corrected chi connectivity index (χ2v) is 5.74. The number of carbonyl (C=O) groups excluding carboxylic acids is 1. The fourth-order valence-corrected chi connectivity index (χ4v) is 2.18. The van der Waals surface area contributed by atoms with E-state index in [1.807, 2.05) is 6.92 Å². The summed E-state index contributed by atoms with van der Waals surface area (Å²) >= 11 is 0. The third kappa shape index (κ3) is 4.51. The molecule has 0 aliphatic rings. The molecule has 0 spiro atoms. The molecule has 0 aliphatic carbocycles. The number of aliphatic hydroxyl groups is 1. The number of amides is 2. The Balaban J connectivity index is 1.93. The van der Waals surface area contributed by atoms with E-state index in [9.17, 15) is 14.3 Å². The topological polar surface area (TPSA) is 100 Å². The van der Waals surface area contributed by atoms with E-state index >= 15 is 0 Å². The van der Waals surface area contributed by atoms with Crippen molar-refractivity contribution in [1.29, 1.82) is 0 Å². The number of hydrogen-bond donors (Lipinski definition) is 3. The van der Waals surface area contributed by atoms with E-state index in [1.54, 1.807) is 13.8 Å². The minimum absolute atomic E-state index is 0.0355. The zero-order valence-corrected chi connectivity index (χ0v) is 13.8. The van der Waals surface area contributed by atoms with Crippen molar-refractivity contribution < 1.29 is 18.8 Å². The fourth-order valence-electron chi connectivity index (χ4n) is 2.18. The van der Waals surface area contributed by atoms with E-state index in [1.165, 1.54) is 24.3 Å². The van der Waals surface area contributed by atoms with Gasteiger partial charge in [0.2, 0.25) is 5.89 Å². The van der Waals surface area contributed by atoms with Crippen LogP contribution in [-0.2, 0) is 5.60 Å². The van der Waals surface area contributed by atoms with Crippen LogP contribution >= 0.6 is 0 Å². The molecule has 0 fully saturated rings. The Bertz CT molecular complexity index is 685. The molecule has 0 radical (unpaired) electrons. The van der Waals surface area contributed by atoms with Crippen LogP contribution in [0.3, 0.4) is 0 Å². The molecule has 1 heterocycles. The highest BCUT2D eigenvalue weighted by atomic mass is 19.1. The molecule has 3 N–H and O–H groups in total. The molecule has 0 saturated carbocycles. The molecule has 130 valence electrons. The molecule has 0 bridgehead atoms. The molecule has 0 aliphatic heterocycles. The van der Waals surface area contributed by atoms with Crippen LogP contribution in [0.4, 0.5) is 9.18 Å². The molecule has 2 rings (SSSR count). The zero-order chi connectivity index (χ0) is 17.7. The summed E-state index contributed by atoms with van der Waals surface area (Å²) in [5.74, 6) is 0.432. The van der Waals surface area contributed by atoms with Gasteiger partial charge in [-0.15, -0.1) is 0 Å². The second kappa shape index (κ2) is 7.39. The van der Waals surface area contributed by atoms with Crippen LogP contribution in [0.2, 0.25) is 0 Å². The van der Waals surface area contributed by atoms with Gasteiger partial charge in [-0.25, -0.2) is 9.18 Å². The van der Waals surface area contributed by atoms with Crippen LogP contribution in [0.25, 0.3) is 0 Å². The van der Waals surface area contributed by atoms with Gasteiger partial charge in [0, 0.05) is 6.92 Å². The Morgan fingerprint density at radius 3 is 2.62 bits per heavy atom. The maximum atomic E-state index is 13.0. The van der Waals surface area contributed by atoms with Crippen molar-refractivity contribution >= 4 is 6.03 Å². The highest BCUT2D eigenvalue weighted by Gasteiger charge is 2.25. The fraction of sp³-hybridized carbons (Fsp3) is 0.438. The van der Waals surface area contributed by atoms with Crippen molar-refractivity contribution in [3.63, 3.8) is 0 Å². The molecular weight excluding hydrogens is 315 g/mol. The largest absolute Gasteiger partial charge is 0.384 e. The van der Waals surface area contributed by atoms with Gasteiger partial charge in [-0.1, -0.05) is 24.2 Å². The molecule has 0 unspecified atom stereocenters. The number of nitrogens with zero attached hydrogens (tertiary/aromatic N) is 2. The first kappa shape index (κ1) is 17.9. The van der Waals surface area contributed by atoms with Gasteiger partial charge in [0.15, 0.2) is 5.82 Å². The first-order valence-corrected chi connectivity index (χ1v) is 7.65. The molecule has 24 heavy (non-hydrogen) atoms. The van der Waals surface area contributed by atoms with Crippen LogP contribution in [-0.4, -0.2) is 27.8 Å². The Kier molecular flexibility index (Phi) is 5.50. The van der Waals surface area contributed by atoms with E-state index < -0.39 is 17.7 Å². The normalized spacial score (nSPS) is 14.7. The number of rotatable bonds is 6. The Labute approximate surface area is 139 Å². The van der Waals surface area contributed by atoms with Crippen LogP contribution in [0.1, 0.15) is 43.6 Å². The monoisotopic (exact) mass is 336 g/mol. The van der Waals surface area contributed by atoms with Gasteiger partial charge < -0.3 is 20.3 Å². The number of benzene rings is 1. The summed E-state index contributed by atoms with van der Waals surface area (Å²) in [5, 5.41) is 19.5. The van der Waals surface area contributed by atoms with Crippen molar-refractivity contribution in [2.24, 2.45) is 0 Å². The van der Waals surface area contributed by atoms with Crippen molar-refractivity contribution in [3.05, 3.63) is 47.4 Å². The number of urea groups is 1. The third-order valence-corrected chi connectivity index (χ3v) is 3.63. The number of aryl methyl sites for hydroxylation is 1. The molecule has 2 atom stereocenters. The summed E-state index contributed by atoms with van der Waals surface area (Å²) in [7, 11) is 0. The quantitative estimate of drug-likeness (QED) is 0.751. The number of nitrogens with one attached hydrogen (secondary N) is 2. The van der Waals surface area contributed by atoms with Crippen molar-refractivity contribution in [3.8, 4) is 0 Å². The predicted molar refractivity (Wildman–Crippen MR) is 84.6 cm³/mol. The van der Waals surface area contributed by atoms with E-state index in [0.29, 0.717) is 23.7 Å². The third-order valence-electron chi connectivity index (χ3n) is 3.63. The van der Waals surface area contributed by atoms with E-state index in [-0.39, 0.29) is 12.4 Å². The average Bonchev–Trinajstić information content (AvgIpc) is 2.97. The summed E-state index contributed by atoms with van der Waals surface area (Å²) in [6.07, 6.45) is 0.584. The summed E-state index contributed by atoms with van der Waals surface area (Å²) in [5.41, 5.74) is -0.819. The van der Waals surface area contributed by atoms with Crippen molar-refractivity contribution in [2.75, 3.05) is 6.54 Å². The summed E-state index contributed by atoms with van der Waals surface area (Å²) in [4.78, 5) is 16.1. The Hall–Kier alpha value is -2.48. The van der Waals surface area contributed by atoms with E-state index in [0.717, 1.165) is 0 Å². The highest BCUT2D eigenvalue weighted by Crippen LogP contribution is 2.20. The maximum absolute atomic E-state index is 13.0. The number of carbonyl (C=O) groups is 1.